The van der Waals surface area contributed by atoms with Gasteiger partial charge in [-0.1, -0.05) is 60.7 Å². The molecule has 0 bridgehead atoms. The molecule has 244 valence electrons. The fourth-order valence-electron chi connectivity index (χ4n) is 6.00. The number of ether oxygens (including phenoxy) is 1. The third kappa shape index (κ3) is 5.70. The van der Waals surface area contributed by atoms with Crippen molar-refractivity contribution in [3.05, 3.63) is 71.8 Å². The third-order valence-electron chi connectivity index (χ3n) is 8.67. The summed E-state index contributed by atoms with van der Waals surface area (Å²) in [6.45, 7) is 4.88. The first-order valence-electron chi connectivity index (χ1n) is 14.8. The standard InChI is InChI=1S/C31H35N5O9S/c1-4-35-16-15-20(23(37)27(35)40)32-30(42)34-21(19-13-9-6-10-14-19)25(38)33-22-26(39)36-24(31(2,3)46(43,44)28(22)36)29(41)45-17-18-11-7-5-8-12-18/h5-14,20-22,24,28H,4,15-17H2,1-3H3,(H,33,38)(H2,32,34,42)/t20?,21-,22-,24+,28-/m1/s1. The molecule has 3 aliphatic rings. The fraction of sp³-hybridized carbons (Fsp3) is 0.419. The molecule has 15 heteroatoms. The average molecular weight is 654 g/mol. The lowest BCUT2D eigenvalue weighted by Gasteiger charge is -2.43. The van der Waals surface area contributed by atoms with Gasteiger partial charge in [0.15, 0.2) is 15.2 Å². The van der Waals surface area contributed by atoms with E-state index in [4.69, 9.17) is 4.74 Å². The summed E-state index contributed by atoms with van der Waals surface area (Å²) >= 11 is 0. The van der Waals surface area contributed by atoms with Crippen LogP contribution in [-0.2, 0) is 45.2 Å². The molecule has 0 saturated carbocycles. The minimum atomic E-state index is -4.20. The Bertz CT molecular complexity index is 1670. The van der Waals surface area contributed by atoms with Crippen LogP contribution in [0.25, 0.3) is 0 Å². The number of β-lactam (4-membered cyclic amide) rings is 1. The normalized spacial score (nSPS) is 25.2. The number of sulfone groups is 1. The molecular formula is C31H35N5O9S. The zero-order valence-corrected chi connectivity index (χ0v) is 26.3. The van der Waals surface area contributed by atoms with Gasteiger partial charge < -0.3 is 30.5 Å². The second-order valence-corrected chi connectivity index (χ2v) is 14.4. The second kappa shape index (κ2) is 12.5. The number of fused-ring (bicyclic) bond motifs is 1. The largest absolute Gasteiger partial charge is 0.459 e. The maximum Gasteiger partial charge on any atom is 0.330 e. The van der Waals surface area contributed by atoms with E-state index >= 15 is 0 Å². The molecule has 14 nitrogen and oxygen atoms in total. The molecule has 0 spiro atoms. The van der Waals surface area contributed by atoms with E-state index in [2.05, 4.69) is 16.0 Å². The molecule has 3 N–H and O–H groups in total. The van der Waals surface area contributed by atoms with Crippen LogP contribution in [0.1, 0.15) is 44.4 Å². The molecule has 46 heavy (non-hydrogen) atoms. The number of nitrogens with one attached hydrogen (secondary N) is 3. The van der Waals surface area contributed by atoms with Gasteiger partial charge in [-0.05, 0) is 38.3 Å². The van der Waals surface area contributed by atoms with Crippen molar-refractivity contribution in [1.82, 2.24) is 25.8 Å². The third-order valence-corrected chi connectivity index (χ3v) is 11.5. The number of hydrogen-bond donors (Lipinski definition) is 3. The number of ketones is 1. The fourth-order valence-corrected chi connectivity index (χ4v) is 8.22. The number of amides is 5. The number of carbonyl (C=O) groups is 6. The quantitative estimate of drug-likeness (QED) is 0.193. The van der Waals surface area contributed by atoms with Crippen LogP contribution >= 0.6 is 0 Å². The average Bonchev–Trinajstić information content (AvgIpc) is 3.19. The number of likely N-dealkylation sites (tertiary alicyclic amines) is 1. The number of esters is 1. The van der Waals surface area contributed by atoms with E-state index in [1.165, 1.54) is 18.7 Å². The van der Waals surface area contributed by atoms with Gasteiger partial charge in [-0.2, -0.15) is 0 Å². The predicted octanol–water partition coefficient (Wildman–Crippen LogP) is 0.189. The highest BCUT2D eigenvalue weighted by Crippen LogP contribution is 2.46. The molecule has 5 atom stereocenters. The lowest BCUT2D eigenvalue weighted by Crippen LogP contribution is -2.72. The number of likely N-dealkylation sites (N-methyl/N-ethyl adjacent to an activating group) is 1. The molecule has 3 aliphatic heterocycles. The zero-order chi connectivity index (χ0) is 33.4. The summed E-state index contributed by atoms with van der Waals surface area (Å²) in [4.78, 5) is 80.2. The minimum absolute atomic E-state index is 0.122. The maximum absolute atomic E-state index is 13.6. The summed E-state index contributed by atoms with van der Waals surface area (Å²) in [7, 11) is -4.20. The molecule has 3 fully saturated rings. The molecule has 3 heterocycles. The number of nitrogens with zero attached hydrogens (tertiary/aromatic N) is 2. The Hall–Kier alpha value is -4.79. The summed E-state index contributed by atoms with van der Waals surface area (Å²) in [5, 5.41) is 5.84. The summed E-state index contributed by atoms with van der Waals surface area (Å²) in [5.74, 6) is -4.08. The van der Waals surface area contributed by atoms with Gasteiger partial charge >= 0.3 is 12.0 Å². The molecule has 5 rings (SSSR count). The number of carbonyl (C=O) groups excluding carboxylic acids is 6. The van der Waals surface area contributed by atoms with Gasteiger partial charge in [0.2, 0.25) is 17.6 Å². The van der Waals surface area contributed by atoms with Crippen LogP contribution in [0.5, 0.6) is 0 Å². The van der Waals surface area contributed by atoms with E-state index in [-0.39, 0.29) is 19.6 Å². The van der Waals surface area contributed by atoms with Crippen LogP contribution in [-0.4, -0.2) is 95.1 Å². The molecule has 0 aliphatic carbocycles. The maximum atomic E-state index is 13.6. The zero-order valence-electron chi connectivity index (χ0n) is 25.5. The number of hydrogen-bond acceptors (Lipinski definition) is 9. The Morgan fingerprint density at radius 1 is 0.978 bits per heavy atom. The Labute approximate surface area is 265 Å². The van der Waals surface area contributed by atoms with E-state index in [0.29, 0.717) is 17.7 Å². The van der Waals surface area contributed by atoms with Crippen molar-refractivity contribution in [1.29, 1.82) is 0 Å². The Kier molecular flexibility index (Phi) is 8.89. The highest BCUT2D eigenvalue weighted by Gasteiger charge is 2.72. The molecule has 2 aromatic carbocycles. The molecule has 3 saturated heterocycles. The van der Waals surface area contributed by atoms with Crippen molar-refractivity contribution in [3.8, 4) is 0 Å². The highest BCUT2D eigenvalue weighted by atomic mass is 32.2. The van der Waals surface area contributed by atoms with Crippen molar-refractivity contribution < 1.29 is 41.9 Å². The molecule has 0 radical (unpaired) electrons. The first-order valence-corrected chi connectivity index (χ1v) is 16.4. The monoisotopic (exact) mass is 653 g/mol. The lowest BCUT2D eigenvalue weighted by atomic mass is 9.95. The first kappa shape index (κ1) is 32.6. The van der Waals surface area contributed by atoms with Gasteiger partial charge in [-0.3, -0.25) is 19.2 Å². The van der Waals surface area contributed by atoms with Gasteiger partial charge in [0.1, 0.15) is 35.5 Å². The lowest BCUT2D eigenvalue weighted by molar-refractivity contribution is -0.165. The molecule has 0 aromatic heterocycles. The van der Waals surface area contributed by atoms with Gasteiger partial charge in [0.05, 0.1) is 0 Å². The van der Waals surface area contributed by atoms with E-state index in [0.717, 1.165) is 4.90 Å². The van der Waals surface area contributed by atoms with E-state index in [9.17, 15) is 37.2 Å². The van der Waals surface area contributed by atoms with Crippen LogP contribution in [0.4, 0.5) is 4.79 Å². The van der Waals surface area contributed by atoms with E-state index < -0.39 is 79.6 Å². The van der Waals surface area contributed by atoms with Crippen LogP contribution in [0.15, 0.2) is 60.7 Å². The van der Waals surface area contributed by atoms with Crippen LogP contribution in [0.3, 0.4) is 0 Å². The van der Waals surface area contributed by atoms with Gasteiger partial charge in [0.25, 0.3) is 5.91 Å². The Morgan fingerprint density at radius 3 is 2.24 bits per heavy atom. The molecular weight excluding hydrogens is 618 g/mol. The summed E-state index contributed by atoms with van der Waals surface area (Å²) in [5.41, 5.74) is 0.982. The predicted molar refractivity (Wildman–Crippen MR) is 162 cm³/mol. The Morgan fingerprint density at radius 2 is 1.61 bits per heavy atom. The topological polar surface area (TPSA) is 188 Å². The van der Waals surface area contributed by atoms with Gasteiger partial charge in [-0.15, -0.1) is 0 Å². The van der Waals surface area contributed by atoms with Crippen LogP contribution < -0.4 is 16.0 Å². The van der Waals surface area contributed by atoms with E-state index in [1.54, 1.807) is 67.6 Å². The summed E-state index contributed by atoms with van der Waals surface area (Å²) in [6.07, 6.45) is 0.185. The summed E-state index contributed by atoms with van der Waals surface area (Å²) < 4.78 is 31.0. The molecule has 1 unspecified atom stereocenters. The van der Waals surface area contributed by atoms with Crippen molar-refractivity contribution in [2.24, 2.45) is 0 Å². The van der Waals surface area contributed by atoms with Crippen molar-refractivity contribution in [2.45, 2.75) is 68.1 Å². The van der Waals surface area contributed by atoms with Crippen LogP contribution in [0, 0.1) is 0 Å². The molecule has 2 aromatic rings. The SMILES string of the molecule is CCN1CCC(NC(=O)N[C@@H](C(=O)N[C@@H]2C(=O)N3[C@@H](C(=O)OCc4ccccc4)C(C)(C)S(=O)(=O)[C@H]23)c2ccccc2)C(=O)C1=O. The summed E-state index contributed by atoms with van der Waals surface area (Å²) in [6, 6.07) is 10.4. The number of urea groups is 1. The van der Waals surface area contributed by atoms with Gasteiger partial charge in [-0.25, -0.2) is 18.0 Å². The van der Waals surface area contributed by atoms with Crippen LogP contribution in [0.2, 0.25) is 0 Å². The van der Waals surface area contributed by atoms with Crippen molar-refractivity contribution in [2.75, 3.05) is 13.1 Å². The number of benzene rings is 2. The van der Waals surface area contributed by atoms with Crippen molar-refractivity contribution >= 4 is 45.3 Å². The minimum Gasteiger partial charge on any atom is -0.459 e. The number of piperidine rings is 1. The second-order valence-electron chi connectivity index (χ2n) is 11.8. The van der Waals surface area contributed by atoms with E-state index in [1.807, 2.05) is 0 Å². The van der Waals surface area contributed by atoms with Crippen molar-refractivity contribution in [3.63, 3.8) is 0 Å². The molecule has 5 amide bonds. The number of Topliss-reactive ketones (excluding diaryl/α,β-unsaturated/α-hetero) is 1. The first-order chi connectivity index (χ1) is 21.8. The number of rotatable bonds is 9. The highest BCUT2D eigenvalue weighted by molar-refractivity contribution is 7.94. The smallest absolute Gasteiger partial charge is 0.330 e. The Balaban J connectivity index is 1.31. The van der Waals surface area contributed by atoms with Gasteiger partial charge in [0, 0.05) is 13.1 Å².